The predicted octanol–water partition coefficient (Wildman–Crippen LogP) is 3.95. The van der Waals surface area contributed by atoms with Crippen LogP contribution in [-0.2, 0) is 6.42 Å². The molecule has 0 spiro atoms. The van der Waals surface area contributed by atoms with Crippen LogP contribution in [0.5, 0.6) is 0 Å². The third-order valence-electron chi connectivity index (χ3n) is 3.47. The number of ketones is 1. The van der Waals surface area contributed by atoms with Crippen LogP contribution in [-0.4, -0.2) is 10.7 Å². The number of hydrogen-bond donors (Lipinski definition) is 0. The minimum absolute atomic E-state index is 0.0360. The summed E-state index contributed by atoms with van der Waals surface area (Å²) in [5.74, 6) is 0.0406. The molecule has 108 valence electrons. The molecule has 0 atom stereocenters. The summed E-state index contributed by atoms with van der Waals surface area (Å²) in [6.07, 6.45) is 0.253. The van der Waals surface area contributed by atoms with Gasteiger partial charge in [0.05, 0.1) is 4.92 Å². The Morgan fingerprint density at radius 3 is 2.05 bits per heavy atom. The molecular weight excluding hydrogens is 266 g/mol. The molecule has 21 heavy (non-hydrogen) atoms. The monoisotopic (exact) mass is 283 g/mol. The summed E-state index contributed by atoms with van der Waals surface area (Å²) in [6, 6.07) is 10.1. The molecule has 0 aromatic heterocycles. The molecule has 0 aliphatic carbocycles. The van der Waals surface area contributed by atoms with Crippen molar-refractivity contribution in [1.29, 1.82) is 0 Å². The highest BCUT2D eigenvalue weighted by Crippen LogP contribution is 2.20. The van der Waals surface area contributed by atoms with E-state index in [4.69, 9.17) is 0 Å². The van der Waals surface area contributed by atoms with Crippen molar-refractivity contribution in [1.82, 2.24) is 0 Å². The molecule has 2 rings (SSSR count). The number of rotatable bonds is 4. The zero-order valence-corrected chi connectivity index (χ0v) is 12.3. The van der Waals surface area contributed by atoms with Crippen molar-refractivity contribution in [2.75, 3.05) is 0 Å². The van der Waals surface area contributed by atoms with Crippen LogP contribution in [0.1, 0.15) is 32.6 Å². The molecular formula is C17H17NO3. The van der Waals surface area contributed by atoms with Gasteiger partial charge in [-0.3, -0.25) is 14.9 Å². The van der Waals surface area contributed by atoms with Crippen LogP contribution in [0.15, 0.2) is 36.4 Å². The first-order chi connectivity index (χ1) is 9.88. The van der Waals surface area contributed by atoms with Gasteiger partial charge in [0.1, 0.15) is 0 Å². The van der Waals surface area contributed by atoms with Crippen molar-refractivity contribution in [2.45, 2.75) is 27.2 Å². The topological polar surface area (TPSA) is 60.2 Å². The van der Waals surface area contributed by atoms with Crippen LogP contribution in [0.25, 0.3) is 0 Å². The summed E-state index contributed by atoms with van der Waals surface area (Å²) in [5.41, 5.74) is 4.65. The molecule has 2 aromatic rings. The number of carbonyl (C=O) groups is 1. The van der Waals surface area contributed by atoms with Gasteiger partial charge in [-0.05, 0) is 37.5 Å². The van der Waals surface area contributed by atoms with E-state index in [-0.39, 0.29) is 17.9 Å². The van der Waals surface area contributed by atoms with E-state index in [1.807, 2.05) is 32.9 Å². The SMILES string of the molecule is Cc1cc(C)c(C(=O)Cc2ccc([N+](=O)[O-])cc2)c(C)c1. The number of non-ortho nitro benzene ring substituents is 1. The van der Waals surface area contributed by atoms with Crippen molar-refractivity contribution in [2.24, 2.45) is 0 Å². The van der Waals surface area contributed by atoms with Crippen molar-refractivity contribution in [3.63, 3.8) is 0 Å². The molecule has 0 aliphatic rings. The molecule has 4 heteroatoms. The Hall–Kier alpha value is -2.49. The Morgan fingerprint density at radius 2 is 1.57 bits per heavy atom. The van der Waals surface area contributed by atoms with Gasteiger partial charge in [0, 0.05) is 24.1 Å². The second-order valence-corrected chi connectivity index (χ2v) is 5.30. The van der Waals surface area contributed by atoms with Gasteiger partial charge in [-0.25, -0.2) is 0 Å². The quantitative estimate of drug-likeness (QED) is 0.485. The van der Waals surface area contributed by atoms with Crippen LogP contribution in [0.2, 0.25) is 0 Å². The molecule has 0 heterocycles. The third-order valence-corrected chi connectivity index (χ3v) is 3.47. The van der Waals surface area contributed by atoms with Gasteiger partial charge in [-0.1, -0.05) is 29.8 Å². The van der Waals surface area contributed by atoms with Crippen LogP contribution in [0.3, 0.4) is 0 Å². The lowest BCUT2D eigenvalue weighted by Gasteiger charge is -2.10. The summed E-state index contributed by atoms with van der Waals surface area (Å²) in [5, 5.41) is 10.6. The van der Waals surface area contributed by atoms with E-state index in [1.54, 1.807) is 12.1 Å². The highest BCUT2D eigenvalue weighted by molar-refractivity contribution is 6.00. The third kappa shape index (κ3) is 3.34. The van der Waals surface area contributed by atoms with Crippen LogP contribution >= 0.6 is 0 Å². The Morgan fingerprint density at radius 1 is 1.05 bits per heavy atom. The Balaban J connectivity index is 2.24. The number of carbonyl (C=O) groups excluding carboxylic acids is 1. The molecule has 0 fully saturated rings. The van der Waals surface area contributed by atoms with Gasteiger partial charge >= 0.3 is 0 Å². The summed E-state index contributed by atoms with van der Waals surface area (Å²) in [7, 11) is 0. The Kier molecular flexibility index (Phi) is 4.17. The van der Waals surface area contributed by atoms with E-state index < -0.39 is 4.92 Å². The van der Waals surface area contributed by atoms with E-state index in [1.165, 1.54) is 12.1 Å². The normalized spacial score (nSPS) is 10.4. The van der Waals surface area contributed by atoms with E-state index in [2.05, 4.69) is 0 Å². The van der Waals surface area contributed by atoms with E-state index >= 15 is 0 Å². The lowest BCUT2D eigenvalue weighted by Crippen LogP contribution is -2.08. The first-order valence-electron chi connectivity index (χ1n) is 6.73. The van der Waals surface area contributed by atoms with E-state index in [0.29, 0.717) is 0 Å². The molecule has 0 saturated carbocycles. The second-order valence-electron chi connectivity index (χ2n) is 5.30. The average Bonchev–Trinajstić information content (AvgIpc) is 2.37. The first kappa shape index (κ1) is 14.9. The van der Waals surface area contributed by atoms with Crippen LogP contribution in [0, 0.1) is 30.9 Å². The highest BCUT2D eigenvalue weighted by Gasteiger charge is 2.14. The maximum Gasteiger partial charge on any atom is 0.269 e. The van der Waals surface area contributed by atoms with E-state index in [9.17, 15) is 14.9 Å². The molecule has 0 N–H and O–H groups in total. The standard InChI is InChI=1S/C17H17NO3/c1-11-8-12(2)17(13(3)9-11)16(19)10-14-4-6-15(7-5-14)18(20)21/h4-9H,10H2,1-3H3. The van der Waals surface area contributed by atoms with Gasteiger partial charge < -0.3 is 0 Å². The highest BCUT2D eigenvalue weighted by atomic mass is 16.6. The molecule has 0 saturated heterocycles. The summed E-state index contributed by atoms with van der Waals surface area (Å²) < 4.78 is 0. The zero-order valence-electron chi connectivity index (χ0n) is 12.3. The van der Waals surface area contributed by atoms with E-state index in [0.717, 1.165) is 27.8 Å². The predicted molar refractivity (Wildman–Crippen MR) is 81.8 cm³/mol. The van der Waals surface area contributed by atoms with Crippen LogP contribution < -0.4 is 0 Å². The number of Topliss-reactive ketones (excluding diaryl/α,β-unsaturated/α-hetero) is 1. The molecule has 0 amide bonds. The van der Waals surface area contributed by atoms with Gasteiger partial charge in [0.25, 0.3) is 5.69 Å². The number of nitro benzene ring substituents is 1. The fourth-order valence-electron chi connectivity index (χ4n) is 2.63. The van der Waals surface area contributed by atoms with Crippen molar-refractivity contribution < 1.29 is 9.72 Å². The maximum absolute atomic E-state index is 12.5. The second kappa shape index (κ2) is 5.87. The lowest BCUT2D eigenvalue weighted by atomic mass is 9.93. The summed E-state index contributed by atoms with van der Waals surface area (Å²) in [6.45, 7) is 5.87. The average molecular weight is 283 g/mol. The van der Waals surface area contributed by atoms with Gasteiger partial charge in [-0.15, -0.1) is 0 Å². The fraction of sp³-hybridized carbons (Fsp3) is 0.235. The largest absolute Gasteiger partial charge is 0.294 e. The fourth-order valence-corrected chi connectivity index (χ4v) is 2.63. The minimum atomic E-state index is -0.445. The van der Waals surface area contributed by atoms with Crippen molar-refractivity contribution >= 4 is 11.5 Å². The molecule has 0 radical (unpaired) electrons. The minimum Gasteiger partial charge on any atom is -0.294 e. The molecule has 4 nitrogen and oxygen atoms in total. The molecule has 0 bridgehead atoms. The number of nitro groups is 1. The van der Waals surface area contributed by atoms with Gasteiger partial charge in [0.15, 0.2) is 5.78 Å². The maximum atomic E-state index is 12.5. The van der Waals surface area contributed by atoms with Crippen molar-refractivity contribution in [3.05, 3.63) is 74.3 Å². The number of aryl methyl sites for hydroxylation is 3. The summed E-state index contributed by atoms with van der Waals surface area (Å²) >= 11 is 0. The van der Waals surface area contributed by atoms with Crippen molar-refractivity contribution in [3.8, 4) is 0 Å². The van der Waals surface area contributed by atoms with Gasteiger partial charge in [-0.2, -0.15) is 0 Å². The summed E-state index contributed by atoms with van der Waals surface area (Å²) in [4.78, 5) is 22.6. The number of benzene rings is 2. The number of hydrogen-bond acceptors (Lipinski definition) is 3. The molecule has 0 unspecified atom stereocenters. The number of nitrogens with zero attached hydrogens (tertiary/aromatic N) is 1. The first-order valence-corrected chi connectivity index (χ1v) is 6.73. The van der Waals surface area contributed by atoms with Gasteiger partial charge in [0.2, 0.25) is 0 Å². The zero-order chi connectivity index (χ0) is 15.6. The Bertz CT molecular complexity index is 679. The van der Waals surface area contributed by atoms with Crippen LogP contribution in [0.4, 0.5) is 5.69 Å². The smallest absolute Gasteiger partial charge is 0.269 e. The molecule has 2 aromatic carbocycles. The Labute approximate surface area is 123 Å². The lowest BCUT2D eigenvalue weighted by molar-refractivity contribution is -0.384. The molecule has 0 aliphatic heterocycles.